The summed E-state index contributed by atoms with van der Waals surface area (Å²) >= 11 is 0. The Morgan fingerprint density at radius 2 is 1.90 bits per heavy atom. The van der Waals surface area contributed by atoms with Gasteiger partial charge in [-0.2, -0.15) is 0 Å². The third-order valence-electron chi connectivity index (χ3n) is 3.83. The fourth-order valence-corrected chi connectivity index (χ4v) is 2.50. The van der Waals surface area contributed by atoms with Crippen molar-refractivity contribution in [3.8, 4) is 0 Å². The van der Waals surface area contributed by atoms with Crippen molar-refractivity contribution >= 4 is 6.01 Å². The van der Waals surface area contributed by atoms with Crippen LogP contribution in [-0.4, -0.2) is 25.2 Å². The maximum Gasteiger partial charge on any atom is 0.0895 e. The number of hydrogen-bond acceptors (Lipinski definition) is 3. The first-order chi connectivity index (χ1) is 10.3. The van der Waals surface area contributed by atoms with Crippen LogP contribution in [0.5, 0.6) is 0 Å². The quantitative estimate of drug-likeness (QED) is 0.540. The van der Waals surface area contributed by atoms with Gasteiger partial charge >= 0.3 is 0 Å². The fraction of sp³-hybridized carbons (Fsp3) is 0.611. The summed E-state index contributed by atoms with van der Waals surface area (Å²) in [5, 5.41) is 0. The van der Waals surface area contributed by atoms with Gasteiger partial charge < -0.3 is 4.74 Å². The highest BCUT2D eigenvalue weighted by atomic mass is 16.5. The first kappa shape index (κ1) is 15.9. The highest BCUT2D eigenvalue weighted by Crippen LogP contribution is 2.19. The van der Waals surface area contributed by atoms with Gasteiger partial charge in [-0.05, 0) is 31.7 Å². The van der Waals surface area contributed by atoms with Crippen LogP contribution in [0.3, 0.4) is 0 Å². The Balaban J connectivity index is 1.53. The van der Waals surface area contributed by atoms with Gasteiger partial charge in [0.2, 0.25) is 0 Å². The number of aliphatic imine (C=N–C) groups is 2. The van der Waals surface area contributed by atoms with Crippen LogP contribution in [0.1, 0.15) is 49.7 Å². The number of ether oxygens (including phenoxy) is 1. The molecule has 0 unspecified atom stereocenters. The molecule has 0 spiro atoms. The highest BCUT2D eigenvalue weighted by molar-refractivity contribution is 5.41. The van der Waals surface area contributed by atoms with Crippen LogP contribution in [0.15, 0.2) is 34.3 Å². The maximum atomic E-state index is 5.64. The Kier molecular flexibility index (Phi) is 7.20. The van der Waals surface area contributed by atoms with Gasteiger partial charge in [-0.1, -0.05) is 49.1 Å². The minimum absolute atomic E-state index is 0.472. The summed E-state index contributed by atoms with van der Waals surface area (Å²) in [6, 6.07) is 11.8. The van der Waals surface area contributed by atoms with Gasteiger partial charge in [-0.3, -0.25) is 0 Å². The van der Waals surface area contributed by atoms with E-state index in [4.69, 9.17) is 4.74 Å². The molecule has 0 bridgehead atoms. The SMILES string of the molecule is Cc1ccc(COCCCN=C=NC2CCCCC2)cc1. The molecule has 3 nitrogen and oxygen atoms in total. The standard InChI is InChI=1S/C18H26N2O/c1-16-8-10-17(11-9-16)14-21-13-5-12-19-15-20-18-6-3-2-4-7-18/h8-11,18H,2-7,12-14H2,1H3. The lowest BCUT2D eigenvalue weighted by atomic mass is 9.96. The molecular formula is C18H26N2O. The van der Waals surface area contributed by atoms with E-state index in [0.717, 1.165) is 19.6 Å². The van der Waals surface area contributed by atoms with Crippen molar-refractivity contribution < 1.29 is 4.74 Å². The lowest BCUT2D eigenvalue weighted by molar-refractivity contribution is 0.120. The third kappa shape index (κ3) is 6.70. The van der Waals surface area contributed by atoms with Crippen molar-refractivity contribution in [1.82, 2.24) is 0 Å². The molecule has 1 fully saturated rings. The van der Waals surface area contributed by atoms with E-state index in [9.17, 15) is 0 Å². The Morgan fingerprint density at radius 3 is 2.67 bits per heavy atom. The van der Waals surface area contributed by atoms with Crippen LogP contribution in [-0.2, 0) is 11.3 Å². The zero-order valence-corrected chi connectivity index (χ0v) is 13.1. The molecule has 1 aliphatic carbocycles. The summed E-state index contributed by atoms with van der Waals surface area (Å²) in [5.74, 6) is 0. The van der Waals surface area contributed by atoms with Crippen molar-refractivity contribution in [2.24, 2.45) is 9.98 Å². The first-order valence-corrected chi connectivity index (χ1v) is 8.09. The molecule has 3 heteroatoms. The molecule has 0 aliphatic heterocycles. The van der Waals surface area contributed by atoms with E-state index in [2.05, 4.69) is 47.2 Å². The highest BCUT2D eigenvalue weighted by Gasteiger charge is 2.10. The normalized spacial score (nSPS) is 15.5. The molecule has 21 heavy (non-hydrogen) atoms. The number of nitrogens with zero attached hydrogens (tertiary/aromatic N) is 2. The van der Waals surface area contributed by atoms with Crippen LogP contribution in [0.4, 0.5) is 0 Å². The van der Waals surface area contributed by atoms with E-state index < -0.39 is 0 Å². The third-order valence-corrected chi connectivity index (χ3v) is 3.83. The molecule has 0 heterocycles. The molecule has 0 amide bonds. The Hall–Kier alpha value is -1.44. The van der Waals surface area contributed by atoms with Crippen molar-refractivity contribution in [3.63, 3.8) is 0 Å². The molecule has 1 aromatic carbocycles. The lowest BCUT2D eigenvalue weighted by Gasteiger charge is -2.15. The molecule has 114 valence electrons. The average Bonchev–Trinajstić information content (AvgIpc) is 2.53. The van der Waals surface area contributed by atoms with E-state index in [-0.39, 0.29) is 0 Å². The predicted octanol–water partition coefficient (Wildman–Crippen LogP) is 4.41. The first-order valence-electron chi connectivity index (χ1n) is 8.09. The summed E-state index contributed by atoms with van der Waals surface area (Å²) < 4.78 is 5.64. The number of benzene rings is 1. The number of rotatable bonds is 7. The van der Waals surface area contributed by atoms with Crippen molar-refractivity contribution in [1.29, 1.82) is 0 Å². The van der Waals surface area contributed by atoms with Crippen molar-refractivity contribution in [2.75, 3.05) is 13.2 Å². The zero-order valence-electron chi connectivity index (χ0n) is 13.1. The lowest BCUT2D eigenvalue weighted by Crippen LogP contribution is -2.08. The molecule has 0 atom stereocenters. The zero-order chi connectivity index (χ0) is 14.8. The van der Waals surface area contributed by atoms with Gasteiger partial charge in [-0.15, -0.1) is 0 Å². The average molecular weight is 286 g/mol. The predicted molar refractivity (Wildman–Crippen MR) is 87.1 cm³/mol. The van der Waals surface area contributed by atoms with E-state index in [1.807, 2.05) is 0 Å². The molecule has 0 N–H and O–H groups in total. The largest absolute Gasteiger partial charge is 0.377 e. The van der Waals surface area contributed by atoms with Gasteiger partial charge in [0.25, 0.3) is 0 Å². The van der Waals surface area contributed by atoms with Gasteiger partial charge in [-0.25, -0.2) is 9.98 Å². The molecule has 2 rings (SSSR count). The van der Waals surface area contributed by atoms with Gasteiger partial charge in [0.05, 0.1) is 25.2 Å². The van der Waals surface area contributed by atoms with Crippen LogP contribution in [0, 0.1) is 6.92 Å². The van der Waals surface area contributed by atoms with E-state index in [1.54, 1.807) is 0 Å². The van der Waals surface area contributed by atoms with Crippen LogP contribution >= 0.6 is 0 Å². The summed E-state index contributed by atoms with van der Waals surface area (Å²) in [7, 11) is 0. The summed E-state index contributed by atoms with van der Waals surface area (Å²) in [4.78, 5) is 8.62. The summed E-state index contributed by atoms with van der Waals surface area (Å²) in [6.07, 6.45) is 7.33. The topological polar surface area (TPSA) is 34.0 Å². The van der Waals surface area contributed by atoms with Crippen LogP contribution < -0.4 is 0 Å². The smallest absolute Gasteiger partial charge is 0.0895 e. The molecule has 1 aliphatic rings. The van der Waals surface area contributed by atoms with Crippen molar-refractivity contribution in [3.05, 3.63) is 35.4 Å². The Morgan fingerprint density at radius 1 is 1.14 bits per heavy atom. The van der Waals surface area contributed by atoms with Crippen molar-refractivity contribution in [2.45, 2.75) is 58.1 Å². The van der Waals surface area contributed by atoms with E-state index >= 15 is 0 Å². The van der Waals surface area contributed by atoms with Gasteiger partial charge in [0, 0.05) is 6.61 Å². The molecule has 0 aromatic heterocycles. The monoisotopic (exact) mass is 286 g/mol. The molecule has 1 aromatic rings. The second-order valence-electron chi connectivity index (χ2n) is 5.79. The molecule has 0 saturated heterocycles. The second-order valence-corrected chi connectivity index (χ2v) is 5.79. The maximum absolute atomic E-state index is 5.64. The van der Waals surface area contributed by atoms with Crippen LogP contribution in [0.25, 0.3) is 0 Å². The fourth-order valence-electron chi connectivity index (χ4n) is 2.50. The van der Waals surface area contributed by atoms with E-state index in [1.165, 1.54) is 43.2 Å². The number of hydrogen-bond donors (Lipinski definition) is 0. The van der Waals surface area contributed by atoms with E-state index in [0.29, 0.717) is 12.6 Å². The molecular weight excluding hydrogens is 260 g/mol. The van der Waals surface area contributed by atoms with Gasteiger partial charge in [0.15, 0.2) is 0 Å². The summed E-state index contributed by atoms with van der Waals surface area (Å²) in [6.45, 7) is 4.27. The number of aryl methyl sites for hydroxylation is 1. The van der Waals surface area contributed by atoms with Crippen LogP contribution in [0.2, 0.25) is 0 Å². The molecule has 0 radical (unpaired) electrons. The second kappa shape index (κ2) is 9.49. The molecule has 1 saturated carbocycles. The Bertz CT molecular complexity index is 455. The van der Waals surface area contributed by atoms with Gasteiger partial charge in [0.1, 0.15) is 0 Å². The minimum atomic E-state index is 0.472. The summed E-state index contributed by atoms with van der Waals surface area (Å²) in [5.41, 5.74) is 2.51. The Labute approximate surface area is 128 Å². The minimum Gasteiger partial charge on any atom is -0.377 e.